The highest BCUT2D eigenvalue weighted by Crippen LogP contribution is 2.07. The first-order chi connectivity index (χ1) is 7.67. The summed E-state index contributed by atoms with van der Waals surface area (Å²) in [6.07, 6.45) is 2.25. The van der Waals surface area contributed by atoms with Gasteiger partial charge in [0.15, 0.2) is 0 Å². The highest BCUT2D eigenvalue weighted by molar-refractivity contribution is 5.08. The molecule has 0 unspecified atom stereocenters. The van der Waals surface area contributed by atoms with Crippen molar-refractivity contribution in [2.24, 2.45) is 12.8 Å². The molecule has 0 saturated heterocycles. The van der Waals surface area contributed by atoms with Gasteiger partial charge in [-0.2, -0.15) is 5.10 Å². The van der Waals surface area contributed by atoms with Crippen LogP contribution in [0.3, 0.4) is 0 Å². The van der Waals surface area contributed by atoms with Crippen LogP contribution in [0.2, 0.25) is 0 Å². The van der Waals surface area contributed by atoms with Crippen LogP contribution >= 0.6 is 0 Å². The van der Waals surface area contributed by atoms with Crippen LogP contribution in [0, 0.1) is 6.92 Å². The Balaban J connectivity index is 2.56. The quantitative estimate of drug-likeness (QED) is 0.759. The van der Waals surface area contributed by atoms with Gasteiger partial charge < -0.3 is 5.73 Å². The van der Waals surface area contributed by atoms with Gasteiger partial charge in [0, 0.05) is 13.6 Å². The predicted molar refractivity (Wildman–Crippen MR) is 67.2 cm³/mol. The van der Waals surface area contributed by atoms with Crippen molar-refractivity contribution in [2.75, 3.05) is 19.6 Å². The molecule has 1 aromatic rings. The molecule has 1 rings (SSSR count). The smallest absolute Gasteiger partial charge is 0.0597 e. The third-order valence-corrected chi connectivity index (χ3v) is 2.70. The van der Waals surface area contributed by atoms with E-state index in [0.717, 1.165) is 38.3 Å². The fourth-order valence-electron chi connectivity index (χ4n) is 1.94. The fourth-order valence-corrected chi connectivity index (χ4v) is 1.94. The van der Waals surface area contributed by atoms with Crippen LogP contribution in [0.1, 0.15) is 31.2 Å². The molecule has 0 saturated carbocycles. The van der Waals surface area contributed by atoms with Crippen LogP contribution in [-0.4, -0.2) is 34.3 Å². The normalized spacial score (nSPS) is 11.3. The lowest BCUT2D eigenvalue weighted by molar-refractivity contribution is 0.257. The predicted octanol–water partition coefficient (Wildman–Crippen LogP) is 1.29. The van der Waals surface area contributed by atoms with Crippen molar-refractivity contribution in [3.05, 3.63) is 17.5 Å². The maximum Gasteiger partial charge on any atom is 0.0597 e. The van der Waals surface area contributed by atoms with Gasteiger partial charge in [-0.25, -0.2) is 0 Å². The van der Waals surface area contributed by atoms with Gasteiger partial charge in [-0.15, -0.1) is 0 Å². The van der Waals surface area contributed by atoms with Crippen molar-refractivity contribution in [3.63, 3.8) is 0 Å². The molecule has 0 aliphatic heterocycles. The van der Waals surface area contributed by atoms with E-state index in [4.69, 9.17) is 5.73 Å². The molecule has 0 aliphatic carbocycles. The van der Waals surface area contributed by atoms with E-state index in [9.17, 15) is 0 Å². The third-order valence-electron chi connectivity index (χ3n) is 2.70. The molecular formula is C12H24N4. The average Bonchev–Trinajstić information content (AvgIpc) is 2.54. The van der Waals surface area contributed by atoms with Crippen molar-refractivity contribution < 1.29 is 0 Å². The van der Waals surface area contributed by atoms with E-state index in [-0.39, 0.29) is 0 Å². The van der Waals surface area contributed by atoms with Crippen LogP contribution in [0.4, 0.5) is 0 Å². The van der Waals surface area contributed by atoms with Gasteiger partial charge in [0.25, 0.3) is 0 Å². The molecule has 0 amide bonds. The standard InChI is InChI=1S/C12H24N4/c1-4-7-16(8-5-6-13)10-12-9-11(2)14-15(12)3/h9H,4-8,10,13H2,1-3H3. The summed E-state index contributed by atoms with van der Waals surface area (Å²) in [6.45, 7) is 8.20. The first-order valence-corrected chi connectivity index (χ1v) is 6.09. The van der Waals surface area contributed by atoms with Gasteiger partial charge in [-0.05, 0) is 45.5 Å². The van der Waals surface area contributed by atoms with Gasteiger partial charge in [0.1, 0.15) is 0 Å². The van der Waals surface area contributed by atoms with Crippen molar-refractivity contribution in [2.45, 2.75) is 33.2 Å². The first kappa shape index (κ1) is 13.2. The molecule has 0 spiro atoms. The van der Waals surface area contributed by atoms with E-state index in [1.54, 1.807) is 0 Å². The van der Waals surface area contributed by atoms with E-state index < -0.39 is 0 Å². The summed E-state index contributed by atoms with van der Waals surface area (Å²) >= 11 is 0. The number of aryl methyl sites for hydroxylation is 2. The Labute approximate surface area is 98.4 Å². The highest BCUT2D eigenvalue weighted by atomic mass is 15.3. The Kier molecular flexibility index (Phi) is 5.49. The maximum atomic E-state index is 5.56. The van der Waals surface area contributed by atoms with Crippen LogP contribution in [-0.2, 0) is 13.6 Å². The van der Waals surface area contributed by atoms with Crippen LogP contribution in [0.25, 0.3) is 0 Å². The van der Waals surface area contributed by atoms with Gasteiger partial charge in [-0.1, -0.05) is 6.92 Å². The lowest BCUT2D eigenvalue weighted by Gasteiger charge is -2.21. The minimum absolute atomic E-state index is 0.768. The van der Waals surface area contributed by atoms with Gasteiger partial charge >= 0.3 is 0 Å². The number of nitrogens with zero attached hydrogens (tertiary/aromatic N) is 3. The van der Waals surface area contributed by atoms with E-state index in [1.165, 1.54) is 12.1 Å². The van der Waals surface area contributed by atoms with Gasteiger partial charge in [-0.3, -0.25) is 9.58 Å². The van der Waals surface area contributed by atoms with Crippen LogP contribution in [0.15, 0.2) is 6.07 Å². The second kappa shape index (κ2) is 6.66. The molecule has 92 valence electrons. The lowest BCUT2D eigenvalue weighted by Crippen LogP contribution is -2.27. The fraction of sp³-hybridized carbons (Fsp3) is 0.750. The summed E-state index contributed by atoms with van der Waals surface area (Å²) in [5.74, 6) is 0. The summed E-state index contributed by atoms with van der Waals surface area (Å²) in [6, 6.07) is 2.16. The molecular weight excluding hydrogens is 200 g/mol. The molecule has 4 heteroatoms. The molecule has 0 bridgehead atoms. The molecule has 0 atom stereocenters. The number of aromatic nitrogens is 2. The molecule has 0 fully saturated rings. The van der Waals surface area contributed by atoms with Crippen LogP contribution < -0.4 is 5.73 Å². The second-order valence-electron chi connectivity index (χ2n) is 4.32. The molecule has 16 heavy (non-hydrogen) atoms. The zero-order valence-corrected chi connectivity index (χ0v) is 10.7. The van der Waals surface area contributed by atoms with E-state index in [2.05, 4.69) is 23.0 Å². The molecule has 1 aromatic heterocycles. The molecule has 0 aliphatic rings. The summed E-state index contributed by atoms with van der Waals surface area (Å²) in [4.78, 5) is 2.45. The number of hydrogen-bond donors (Lipinski definition) is 1. The SMILES string of the molecule is CCCN(CCCN)Cc1cc(C)nn1C. The Morgan fingerprint density at radius 3 is 2.69 bits per heavy atom. The number of hydrogen-bond acceptors (Lipinski definition) is 3. The Morgan fingerprint density at radius 2 is 2.19 bits per heavy atom. The Morgan fingerprint density at radius 1 is 1.44 bits per heavy atom. The van der Waals surface area contributed by atoms with Crippen molar-refractivity contribution in [1.29, 1.82) is 0 Å². The molecule has 0 aromatic carbocycles. The van der Waals surface area contributed by atoms with Crippen molar-refractivity contribution in [3.8, 4) is 0 Å². The molecule has 1 heterocycles. The van der Waals surface area contributed by atoms with Gasteiger partial charge in [0.05, 0.1) is 11.4 Å². The molecule has 2 N–H and O–H groups in total. The molecule has 0 radical (unpaired) electrons. The Hall–Kier alpha value is -0.870. The maximum absolute atomic E-state index is 5.56. The van der Waals surface area contributed by atoms with E-state index >= 15 is 0 Å². The summed E-state index contributed by atoms with van der Waals surface area (Å²) in [5, 5.41) is 4.37. The van der Waals surface area contributed by atoms with Crippen LogP contribution in [0.5, 0.6) is 0 Å². The second-order valence-corrected chi connectivity index (χ2v) is 4.32. The third kappa shape index (κ3) is 3.94. The Bertz CT molecular complexity index is 306. The average molecular weight is 224 g/mol. The highest BCUT2D eigenvalue weighted by Gasteiger charge is 2.08. The summed E-state index contributed by atoms with van der Waals surface area (Å²) in [7, 11) is 2.01. The zero-order chi connectivity index (χ0) is 12.0. The summed E-state index contributed by atoms with van der Waals surface area (Å²) < 4.78 is 1.97. The monoisotopic (exact) mass is 224 g/mol. The number of rotatable bonds is 7. The van der Waals surface area contributed by atoms with Crippen molar-refractivity contribution in [1.82, 2.24) is 14.7 Å². The van der Waals surface area contributed by atoms with Crippen molar-refractivity contribution >= 4 is 0 Å². The minimum atomic E-state index is 0.768. The zero-order valence-electron chi connectivity index (χ0n) is 10.7. The lowest BCUT2D eigenvalue weighted by atomic mass is 10.3. The molecule has 4 nitrogen and oxygen atoms in total. The van der Waals surface area contributed by atoms with Gasteiger partial charge in [0.2, 0.25) is 0 Å². The largest absolute Gasteiger partial charge is 0.330 e. The first-order valence-electron chi connectivity index (χ1n) is 6.09. The van der Waals surface area contributed by atoms with E-state index in [0.29, 0.717) is 0 Å². The minimum Gasteiger partial charge on any atom is -0.330 e. The van der Waals surface area contributed by atoms with E-state index in [1.807, 2.05) is 18.7 Å². The topological polar surface area (TPSA) is 47.1 Å². The summed E-state index contributed by atoms with van der Waals surface area (Å²) in [5.41, 5.74) is 7.93. The number of nitrogens with two attached hydrogens (primary N) is 1.